The zero-order valence-electron chi connectivity index (χ0n) is 15.2. The summed E-state index contributed by atoms with van der Waals surface area (Å²) in [5, 5.41) is 4.56. The minimum atomic E-state index is -0.0597. The number of hydrogen-bond acceptors (Lipinski definition) is 6. The predicted molar refractivity (Wildman–Crippen MR) is 109 cm³/mol. The zero-order valence-corrected chi connectivity index (χ0v) is 15.2. The Labute approximate surface area is 160 Å². The number of nitrogens with zero attached hydrogens (tertiary/aromatic N) is 5. The van der Waals surface area contributed by atoms with Crippen molar-refractivity contribution in [2.24, 2.45) is 0 Å². The second-order valence-corrected chi connectivity index (χ2v) is 6.52. The van der Waals surface area contributed by atoms with Crippen LogP contribution in [0.3, 0.4) is 0 Å². The van der Waals surface area contributed by atoms with Crippen LogP contribution in [-0.2, 0) is 0 Å². The molecule has 4 heterocycles. The number of fused-ring (bicyclic) bond motifs is 2. The van der Waals surface area contributed by atoms with Gasteiger partial charge in [0.15, 0.2) is 11.5 Å². The fraction of sp³-hybridized carbons (Fsp3) is 0.0952. The van der Waals surface area contributed by atoms with Gasteiger partial charge in [0.05, 0.1) is 29.3 Å². The lowest BCUT2D eigenvalue weighted by Gasteiger charge is -2.19. The Bertz CT molecular complexity index is 1260. The summed E-state index contributed by atoms with van der Waals surface area (Å²) in [7, 11) is 0. The van der Waals surface area contributed by atoms with Gasteiger partial charge in [-0.1, -0.05) is 24.3 Å². The summed E-state index contributed by atoms with van der Waals surface area (Å²) in [6, 6.07) is 16.1. The monoisotopic (exact) mass is 367 g/mol. The molecule has 0 fully saturated rings. The molecule has 28 heavy (non-hydrogen) atoms. The van der Waals surface area contributed by atoms with E-state index in [1.807, 2.05) is 36.4 Å². The van der Waals surface area contributed by atoms with Crippen molar-refractivity contribution in [3.8, 4) is 11.4 Å². The smallest absolute Gasteiger partial charge is 0.182 e. The van der Waals surface area contributed by atoms with E-state index in [9.17, 15) is 0 Å². The van der Waals surface area contributed by atoms with Crippen LogP contribution >= 0.6 is 0 Å². The Morgan fingerprint density at radius 1 is 0.964 bits per heavy atom. The number of benzene rings is 1. The van der Waals surface area contributed by atoms with E-state index in [0.29, 0.717) is 11.5 Å². The molecular weight excluding hydrogens is 350 g/mol. The number of para-hydroxylation sites is 1. The van der Waals surface area contributed by atoms with Crippen LogP contribution in [-0.4, -0.2) is 29.9 Å². The lowest BCUT2D eigenvalue weighted by atomic mass is 10.0. The van der Waals surface area contributed by atoms with Gasteiger partial charge in [-0.05, 0) is 31.2 Å². The number of aromatic nitrogens is 6. The molecule has 5 rings (SSSR count). The number of hydrogen-bond donors (Lipinski definition) is 2. The van der Waals surface area contributed by atoms with E-state index < -0.39 is 0 Å². The van der Waals surface area contributed by atoms with E-state index in [2.05, 4.69) is 49.3 Å². The van der Waals surface area contributed by atoms with E-state index in [1.165, 1.54) is 6.33 Å². The lowest BCUT2D eigenvalue weighted by molar-refractivity contribution is 0.872. The first-order valence-electron chi connectivity index (χ1n) is 9.01. The van der Waals surface area contributed by atoms with Gasteiger partial charge in [0.25, 0.3) is 0 Å². The topological polar surface area (TPSA) is 92.3 Å². The summed E-state index contributed by atoms with van der Waals surface area (Å²) in [6.07, 6.45) is 4.91. The molecule has 0 amide bonds. The molecule has 1 atom stereocenters. The van der Waals surface area contributed by atoms with E-state index in [0.717, 1.165) is 33.4 Å². The SMILES string of the molecule is CC(Nc1ncnc2nc[nH]c12)c1cc2ccccc2nc1-c1ccccn1. The van der Waals surface area contributed by atoms with Gasteiger partial charge in [-0.2, -0.15) is 0 Å². The maximum absolute atomic E-state index is 4.91. The molecule has 1 unspecified atom stereocenters. The summed E-state index contributed by atoms with van der Waals surface area (Å²) < 4.78 is 0. The number of rotatable bonds is 4. The van der Waals surface area contributed by atoms with Crippen molar-refractivity contribution in [3.63, 3.8) is 0 Å². The van der Waals surface area contributed by atoms with Crippen molar-refractivity contribution in [1.29, 1.82) is 0 Å². The first-order chi connectivity index (χ1) is 13.8. The van der Waals surface area contributed by atoms with Gasteiger partial charge in [-0.15, -0.1) is 0 Å². The third-order valence-corrected chi connectivity index (χ3v) is 4.70. The molecule has 0 aliphatic carbocycles. The van der Waals surface area contributed by atoms with Crippen molar-refractivity contribution < 1.29 is 0 Å². The summed E-state index contributed by atoms with van der Waals surface area (Å²) >= 11 is 0. The van der Waals surface area contributed by atoms with Gasteiger partial charge in [-0.3, -0.25) is 4.98 Å². The predicted octanol–water partition coefficient (Wildman–Crippen LogP) is 4.14. The molecule has 0 aliphatic rings. The number of aromatic amines is 1. The summed E-state index contributed by atoms with van der Waals surface area (Å²) in [4.78, 5) is 25.3. The number of pyridine rings is 2. The van der Waals surface area contributed by atoms with Crippen molar-refractivity contribution in [2.45, 2.75) is 13.0 Å². The molecule has 4 aromatic heterocycles. The van der Waals surface area contributed by atoms with E-state index in [4.69, 9.17) is 4.98 Å². The van der Waals surface area contributed by atoms with Gasteiger partial charge >= 0.3 is 0 Å². The molecule has 5 aromatic rings. The first kappa shape index (κ1) is 16.3. The zero-order chi connectivity index (χ0) is 18.9. The van der Waals surface area contributed by atoms with Crippen molar-refractivity contribution in [3.05, 3.63) is 72.9 Å². The summed E-state index contributed by atoms with van der Waals surface area (Å²) in [5.41, 5.74) is 5.09. The van der Waals surface area contributed by atoms with Gasteiger partial charge in [0, 0.05) is 17.1 Å². The molecule has 7 heteroatoms. The minimum absolute atomic E-state index is 0.0597. The molecular formula is C21H17N7. The van der Waals surface area contributed by atoms with Gasteiger partial charge in [-0.25, -0.2) is 19.9 Å². The molecule has 1 aromatic carbocycles. The summed E-state index contributed by atoms with van der Waals surface area (Å²) in [6.45, 7) is 2.09. The molecule has 0 saturated heterocycles. The van der Waals surface area contributed by atoms with Crippen molar-refractivity contribution in [2.75, 3.05) is 5.32 Å². The number of anilines is 1. The fourth-order valence-electron chi connectivity index (χ4n) is 3.33. The average Bonchev–Trinajstić information content (AvgIpc) is 3.23. The van der Waals surface area contributed by atoms with Crippen LogP contribution in [0.1, 0.15) is 18.5 Å². The Morgan fingerprint density at radius 3 is 2.75 bits per heavy atom. The normalized spacial score (nSPS) is 12.3. The highest BCUT2D eigenvalue weighted by Gasteiger charge is 2.17. The second-order valence-electron chi connectivity index (χ2n) is 6.52. The third kappa shape index (κ3) is 2.83. The third-order valence-electron chi connectivity index (χ3n) is 4.70. The minimum Gasteiger partial charge on any atom is -0.362 e. The highest BCUT2D eigenvalue weighted by atomic mass is 15.1. The van der Waals surface area contributed by atoms with Gasteiger partial charge in [0.2, 0.25) is 0 Å². The highest BCUT2D eigenvalue weighted by molar-refractivity contribution is 5.84. The maximum atomic E-state index is 4.91. The maximum Gasteiger partial charge on any atom is 0.182 e. The van der Waals surface area contributed by atoms with Crippen molar-refractivity contribution in [1.82, 2.24) is 29.9 Å². The molecule has 0 radical (unpaired) electrons. The Kier molecular flexibility index (Phi) is 3.90. The largest absolute Gasteiger partial charge is 0.362 e. The number of nitrogens with one attached hydrogen (secondary N) is 2. The van der Waals surface area contributed by atoms with Crippen LogP contribution < -0.4 is 5.32 Å². The van der Waals surface area contributed by atoms with Crippen molar-refractivity contribution >= 4 is 27.9 Å². The number of imidazole rings is 1. The van der Waals surface area contributed by atoms with E-state index in [-0.39, 0.29) is 6.04 Å². The van der Waals surface area contributed by atoms with E-state index >= 15 is 0 Å². The quantitative estimate of drug-likeness (QED) is 0.496. The van der Waals surface area contributed by atoms with Crippen LogP contribution in [0.2, 0.25) is 0 Å². The molecule has 2 N–H and O–H groups in total. The Balaban J connectivity index is 1.63. The fourth-order valence-corrected chi connectivity index (χ4v) is 3.33. The average molecular weight is 367 g/mol. The molecule has 0 spiro atoms. The van der Waals surface area contributed by atoms with Crippen LogP contribution in [0.5, 0.6) is 0 Å². The molecule has 0 bridgehead atoms. The van der Waals surface area contributed by atoms with Crippen LogP contribution in [0.15, 0.2) is 67.4 Å². The highest BCUT2D eigenvalue weighted by Crippen LogP contribution is 2.31. The second kappa shape index (κ2) is 6.70. The van der Waals surface area contributed by atoms with Crippen LogP contribution in [0, 0.1) is 0 Å². The lowest BCUT2D eigenvalue weighted by Crippen LogP contribution is -2.11. The molecule has 7 nitrogen and oxygen atoms in total. The Hall–Kier alpha value is -3.87. The van der Waals surface area contributed by atoms with Crippen LogP contribution in [0.25, 0.3) is 33.5 Å². The molecule has 0 aliphatic heterocycles. The van der Waals surface area contributed by atoms with Gasteiger partial charge < -0.3 is 10.3 Å². The number of H-pyrrole nitrogens is 1. The van der Waals surface area contributed by atoms with E-state index in [1.54, 1.807) is 12.5 Å². The van der Waals surface area contributed by atoms with Crippen LogP contribution in [0.4, 0.5) is 5.82 Å². The summed E-state index contributed by atoms with van der Waals surface area (Å²) in [5.74, 6) is 0.704. The first-order valence-corrected chi connectivity index (χ1v) is 9.01. The van der Waals surface area contributed by atoms with Gasteiger partial charge in [0.1, 0.15) is 11.8 Å². The molecule has 0 saturated carbocycles. The standard InChI is InChI=1S/C21H17N7/c1-13(27-21-19-20(24-11-23-19)25-12-26-21)15-10-14-6-2-3-7-16(14)28-18(15)17-8-4-5-9-22-17/h2-13H,1H3,(H2,23,24,25,26,27). The Morgan fingerprint density at radius 2 is 1.86 bits per heavy atom. The molecule has 136 valence electrons.